The van der Waals surface area contributed by atoms with Gasteiger partial charge in [0.2, 0.25) is 0 Å². The molecule has 5 rings (SSSR count). The van der Waals surface area contributed by atoms with Gasteiger partial charge in [-0.3, -0.25) is 19.2 Å². The smallest absolute Gasteiger partial charge is 0.255 e. The molecular formula is C30H38N8O2. The SMILES string of the molecule is CC(/C=C/c1ccc(C(=O)N2CC[C@@H](NC(=O)c3cc(-c4cnn(C)c4)cnc3N)C2)cc1)N1CCN(C)CC1. The van der Waals surface area contributed by atoms with E-state index in [-0.39, 0.29) is 23.7 Å². The minimum absolute atomic E-state index is 0.0298. The summed E-state index contributed by atoms with van der Waals surface area (Å²) in [5.74, 6) is -0.155. The Hall–Kier alpha value is -4.02. The first-order valence-corrected chi connectivity index (χ1v) is 13.8. The van der Waals surface area contributed by atoms with Gasteiger partial charge in [0.05, 0.1) is 11.8 Å². The molecule has 2 atom stereocenters. The first-order valence-electron chi connectivity index (χ1n) is 13.8. The molecule has 0 spiro atoms. The molecule has 1 aromatic carbocycles. The number of likely N-dealkylation sites (tertiary alicyclic amines) is 1. The quantitative estimate of drug-likeness (QED) is 0.471. The molecule has 0 aliphatic carbocycles. The molecule has 210 valence electrons. The largest absolute Gasteiger partial charge is 0.383 e. The number of piperazine rings is 1. The molecule has 2 aromatic heterocycles. The van der Waals surface area contributed by atoms with Gasteiger partial charge in [-0.05, 0) is 44.2 Å². The van der Waals surface area contributed by atoms with Crippen molar-refractivity contribution in [2.24, 2.45) is 7.05 Å². The molecule has 0 saturated carbocycles. The Balaban J connectivity index is 1.15. The Labute approximate surface area is 235 Å². The van der Waals surface area contributed by atoms with Crippen LogP contribution >= 0.6 is 0 Å². The van der Waals surface area contributed by atoms with Crippen molar-refractivity contribution in [1.29, 1.82) is 0 Å². The zero-order valence-electron chi connectivity index (χ0n) is 23.5. The Morgan fingerprint density at radius 1 is 1.05 bits per heavy atom. The lowest BCUT2D eigenvalue weighted by Crippen LogP contribution is -2.47. The number of amides is 2. The second-order valence-electron chi connectivity index (χ2n) is 10.8. The van der Waals surface area contributed by atoms with Crippen molar-refractivity contribution in [3.05, 3.63) is 71.7 Å². The number of nitrogens with one attached hydrogen (secondary N) is 1. The molecule has 2 fully saturated rings. The van der Waals surface area contributed by atoms with Gasteiger partial charge in [0.1, 0.15) is 5.82 Å². The van der Waals surface area contributed by atoms with Crippen LogP contribution in [0.3, 0.4) is 0 Å². The van der Waals surface area contributed by atoms with Crippen molar-refractivity contribution in [1.82, 2.24) is 34.8 Å². The van der Waals surface area contributed by atoms with E-state index in [9.17, 15) is 9.59 Å². The summed E-state index contributed by atoms with van der Waals surface area (Å²) >= 11 is 0. The van der Waals surface area contributed by atoms with Crippen LogP contribution in [0.4, 0.5) is 5.82 Å². The van der Waals surface area contributed by atoms with Crippen LogP contribution in [0, 0.1) is 0 Å². The topological polar surface area (TPSA) is 113 Å². The first-order chi connectivity index (χ1) is 19.3. The zero-order chi connectivity index (χ0) is 28.2. The van der Waals surface area contributed by atoms with E-state index in [1.165, 1.54) is 0 Å². The van der Waals surface area contributed by atoms with Crippen molar-refractivity contribution in [2.75, 3.05) is 52.0 Å². The van der Waals surface area contributed by atoms with Crippen molar-refractivity contribution in [3.8, 4) is 11.1 Å². The van der Waals surface area contributed by atoms with Gasteiger partial charge in [0.15, 0.2) is 0 Å². The maximum absolute atomic E-state index is 13.2. The lowest BCUT2D eigenvalue weighted by atomic mass is 10.1. The molecular weight excluding hydrogens is 504 g/mol. The molecule has 2 saturated heterocycles. The van der Waals surface area contributed by atoms with Gasteiger partial charge >= 0.3 is 0 Å². The number of nitrogens with zero attached hydrogens (tertiary/aromatic N) is 6. The molecule has 4 heterocycles. The van der Waals surface area contributed by atoms with E-state index >= 15 is 0 Å². The number of carbonyl (C=O) groups is 2. The molecule has 0 radical (unpaired) electrons. The third-order valence-corrected chi connectivity index (χ3v) is 7.85. The normalized spacial score (nSPS) is 19.3. The minimum Gasteiger partial charge on any atom is -0.383 e. The summed E-state index contributed by atoms with van der Waals surface area (Å²) in [4.78, 5) is 37.1. The van der Waals surface area contributed by atoms with E-state index in [2.05, 4.69) is 51.3 Å². The number of carbonyl (C=O) groups excluding carboxylic acids is 2. The summed E-state index contributed by atoms with van der Waals surface area (Å²) in [6.45, 7) is 7.61. The molecule has 40 heavy (non-hydrogen) atoms. The molecule has 3 N–H and O–H groups in total. The van der Waals surface area contributed by atoms with Gasteiger partial charge in [-0.2, -0.15) is 5.10 Å². The van der Waals surface area contributed by atoms with Gasteiger partial charge in [-0.25, -0.2) is 4.98 Å². The second kappa shape index (κ2) is 12.0. The Kier molecular flexibility index (Phi) is 8.27. The number of anilines is 1. The van der Waals surface area contributed by atoms with Crippen LogP contribution in [-0.4, -0.2) is 99.7 Å². The third-order valence-electron chi connectivity index (χ3n) is 7.85. The molecule has 2 aliphatic rings. The van der Waals surface area contributed by atoms with Crippen LogP contribution in [0.1, 0.15) is 39.6 Å². The lowest BCUT2D eigenvalue weighted by molar-refractivity contribution is 0.0783. The van der Waals surface area contributed by atoms with Gasteiger partial charge in [0, 0.05) is 87.5 Å². The number of rotatable bonds is 7. The Morgan fingerprint density at radius 2 is 1.80 bits per heavy atom. The van der Waals surface area contributed by atoms with Crippen LogP contribution in [0.15, 0.2) is 55.0 Å². The van der Waals surface area contributed by atoms with Crippen molar-refractivity contribution in [2.45, 2.75) is 25.4 Å². The van der Waals surface area contributed by atoms with E-state index in [0.29, 0.717) is 36.7 Å². The number of hydrogen-bond donors (Lipinski definition) is 2. The van der Waals surface area contributed by atoms with Crippen LogP contribution in [0.2, 0.25) is 0 Å². The van der Waals surface area contributed by atoms with E-state index < -0.39 is 0 Å². The van der Waals surface area contributed by atoms with E-state index in [1.807, 2.05) is 37.5 Å². The minimum atomic E-state index is -0.294. The fourth-order valence-electron chi connectivity index (χ4n) is 5.23. The highest BCUT2D eigenvalue weighted by molar-refractivity contribution is 6.00. The summed E-state index contributed by atoms with van der Waals surface area (Å²) in [5.41, 5.74) is 9.68. The number of nitrogen functional groups attached to an aromatic ring is 1. The van der Waals surface area contributed by atoms with Crippen molar-refractivity contribution in [3.63, 3.8) is 0 Å². The molecule has 2 amide bonds. The fourth-order valence-corrected chi connectivity index (χ4v) is 5.23. The average Bonchev–Trinajstić information content (AvgIpc) is 3.61. The monoisotopic (exact) mass is 542 g/mol. The summed E-state index contributed by atoms with van der Waals surface area (Å²) in [7, 11) is 3.99. The molecule has 2 aliphatic heterocycles. The van der Waals surface area contributed by atoms with E-state index in [4.69, 9.17) is 5.73 Å². The second-order valence-corrected chi connectivity index (χ2v) is 10.8. The summed E-state index contributed by atoms with van der Waals surface area (Å²) < 4.78 is 1.69. The Morgan fingerprint density at radius 3 is 2.50 bits per heavy atom. The van der Waals surface area contributed by atoms with Crippen LogP contribution in [0.25, 0.3) is 17.2 Å². The average molecular weight is 543 g/mol. The number of likely N-dealkylation sites (N-methyl/N-ethyl adjacent to an activating group) is 1. The third kappa shape index (κ3) is 6.40. The number of aryl methyl sites for hydroxylation is 1. The highest BCUT2D eigenvalue weighted by Gasteiger charge is 2.29. The molecule has 0 bridgehead atoms. The lowest BCUT2D eigenvalue weighted by Gasteiger charge is -2.35. The first kappa shape index (κ1) is 27.5. The van der Waals surface area contributed by atoms with Crippen LogP contribution in [0.5, 0.6) is 0 Å². The van der Waals surface area contributed by atoms with Gasteiger partial charge in [0.25, 0.3) is 11.8 Å². The molecule has 3 aromatic rings. The summed E-state index contributed by atoms with van der Waals surface area (Å²) in [5, 5.41) is 7.21. The highest BCUT2D eigenvalue weighted by atomic mass is 16.2. The van der Waals surface area contributed by atoms with Gasteiger partial charge < -0.3 is 20.9 Å². The molecule has 10 nitrogen and oxygen atoms in total. The van der Waals surface area contributed by atoms with Gasteiger partial charge in [-0.15, -0.1) is 0 Å². The Bertz CT molecular complexity index is 1370. The summed E-state index contributed by atoms with van der Waals surface area (Å²) in [6.07, 6.45) is 10.2. The number of nitrogens with two attached hydrogens (primary N) is 1. The number of benzene rings is 1. The number of aromatic nitrogens is 3. The highest BCUT2D eigenvalue weighted by Crippen LogP contribution is 2.22. The van der Waals surface area contributed by atoms with Gasteiger partial charge in [-0.1, -0.05) is 24.3 Å². The predicted molar refractivity (Wildman–Crippen MR) is 157 cm³/mol. The van der Waals surface area contributed by atoms with E-state index in [1.54, 1.807) is 28.0 Å². The maximum atomic E-state index is 13.2. The van der Waals surface area contributed by atoms with Crippen molar-refractivity contribution < 1.29 is 9.59 Å². The number of pyridine rings is 1. The standard InChI is InChI=1S/C30H38N8O2/c1-21(37-14-12-35(2)13-15-37)4-5-22-6-8-23(9-7-22)30(40)38-11-10-26(20-38)34-29(39)27-16-24(17-32-28(27)31)25-18-33-36(3)19-25/h4-9,16-19,21,26H,10-15,20H2,1-3H3,(H2,31,32)(H,34,39)/b5-4+/t21?,26-/m1/s1. The van der Waals surface area contributed by atoms with E-state index in [0.717, 1.165) is 42.9 Å². The predicted octanol–water partition coefficient (Wildman–Crippen LogP) is 2.36. The maximum Gasteiger partial charge on any atom is 0.255 e. The number of hydrogen-bond acceptors (Lipinski definition) is 7. The fraction of sp³-hybridized carbons (Fsp3) is 0.400. The van der Waals surface area contributed by atoms with Crippen LogP contribution in [-0.2, 0) is 7.05 Å². The van der Waals surface area contributed by atoms with Crippen molar-refractivity contribution >= 4 is 23.7 Å². The zero-order valence-corrected chi connectivity index (χ0v) is 23.5. The molecule has 10 heteroatoms. The van der Waals surface area contributed by atoms with Crippen LogP contribution < -0.4 is 11.1 Å². The summed E-state index contributed by atoms with van der Waals surface area (Å²) in [6, 6.07) is 9.68. The molecule has 1 unspecified atom stereocenters.